The van der Waals surface area contributed by atoms with E-state index in [4.69, 9.17) is 9.15 Å². The molecule has 1 atom stereocenters. The number of esters is 1. The number of carbonyl (C=O) groups is 1. The average Bonchev–Trinajstić information content (AvgIpc) is 3.45. The molecule has 0 aliphatic rings. The third-order valence-electron chi connectivity index (χ3n) is 4.41. The van der Waals surface area contributed by atoms with Crippen LogP contribution in [0.1, 0.15) is 35.0 Å². The van der Waals surface area contributed by atoms with Crippen LogP contribution in [0.3, 0.4) is 0 Å². The van der Waals surface area contributed by atoms with E-state index in [2.05, 4.69) is 15.2 Å². The topological polar surface area (TPSA) is 121 Å². The van der Waals surface area contributed by atoms with Gasteiger partial charge in [-0.3, -0.25) is 10.1 Å². The van der Waals surface area contributed by atoms with Crippen LogP contribution in [0.4, 0.5) is 5.69 Å². The zero-order chi connectivity index (χ0) is 22.0. The molecular formula is C21H16N4O5S. The molecular weight excluding hydrogens is 420 g/mol. The lowest BCUT2D eigenvalue weighted by Gasteiger charge is -2.07. The second-order valence-electron chi connectivity index (χ2n) is 6.70. The summed E-state index contributed by atoms with van der Waals surface area (Å²) in [5, 5.41) is 21.0. The largest absolute Gasteiger partial charge is 0.448 e. The van der Waals surface area contributed by atoms with E-state index in [9.17, 15) is 14.9 Å². The maximum atomic E-state index is 12.5. The van der Waals surface area contributed by atoms with Gasteiger partial charge in [0.2, 0.25) is 5.89 Å². The summed E-state index contributed by atoms with van der Waals surface area (Å²) < 4.78 is 11.0. The molecule has 9 nitrogen and oxygen atoms in total. The smallest absolute Gasteiger partial charge is 0.358 e. The van der Waals surface area contributed by atoms with Crippen LogP contribution < -0.4 is 0 Å². The summed E-state index contributed by atoms with van der Waals surface area (Å²) in [6, 6.07) is 13.6. The number of thiazole rings is 1. The second-order valence-corrected chi connectivity index (χ2v) is 7.56. The predicted octanol–water partition coefficient (Wildman–Crippen LogP) is 4.99. The van der Waals surface area contributed by atoms with Crippen molar-refractivity contribution in [1.29, 1.82) is 0 Å². The number of ether oxygens (including phenoxy) is 1. The molecule has 1 unspecified atom stereocenters. The first-order valence-corrected chi connectivity index (χ1v) is 10.1. The molecule has 31 heavy (non-hydrogen) atoms. The molecule has 0 spiro atoms. The highest BCUT2D eigenvalue weighted by atomic mass is 32.1. The van der Waals surface area contributed by atoms with Crippen molar-refractivity contribution in [2.75, 3.05) is 0 Å². The number of benzene rings is 2. The van der Waals surface area contributed by atoms with Crippen LogP contribution in [0.5, 0.6) is 0 Å². The van der Waals surface area contributed by atoms with E-state index in [-0.39, 0.29) is 23.2 Å². The Hall–Kier alpha value is -3.92. The highest BCUT2D eigenvalue weighted by Crippen LogP contribution is 2.27. The highest BCUT2D eigenvalue weighted by Gasteiger charge is 2.22. The van der Waals surface area contributed by atoms with Crippen LogP contribution >= 0.6 is 11.3 Å². The lowest BCUT2D eigenvalue weighted by Crippen LogP contribution is -2.10. The molecule has 2 aromatic heterocycles. The summed E-state index contributed by atoms with van der Waals surface area (Å²) in [4.78, 5) is 27.1. The third-order valence-corrected chi connectivity index (χ3v) is 5.30. The summed E-state index contributed by atoms with van der Waals surface area (Å²) in [6.45, 7) is 3.61. The number of nitro benzene ring substituents is 1. The SMILES string of the molecule is Cc1ccc(-c2nc(C(=O)OC(C)c3nnc(-c4ccc([N+](=O)[O-])cc4)o3)cs2)cc1. The van der Waals surface area contributed by atoms with Gasteiger partial charge in [-0.1, -0.05) is 29.8 Å². The number of rotatable bonds is 6. The molecule has 0 N–H and O–H groups in total. The Morgan fingerprint density at radius 3 is 2.45 bits per heavy atom. The van der Waals surface area contributed by atoms with Gasteiger partial charge in [0.1, 0.15) is 5.01 Å². The number of aromatic nitrogens is 3. The molecule has 2 heterocycles. The minimum Gasteiger partial charge on any atom is -0.448 e. The Kier molecular flexibility index (Phi) is 5.54. The maximum absolute atomic E-state index is 12.5. The molecule has 0 saturated carbocycles. The van der Waals surface area contributed by atoms with Crippen molar-refractivity contribution in [1.82, 2.24) is 15.2 Å². The Labute approximate surface area is 180 Å². The molecule has 10 heteroatoms. The summed E-state index contributed by atoms with van der Waals surface area (Å²) in [5.74, 6) is -0.323. The van der Waals surface area contributed by atoms with Gasteiger partial charge in [0, 0.05) is 28.6 Å². The van der Waals surface area contributed by atoms with Crippen LogP contribution in [0.2, 0.25) is 0 Å². The van der Waals surface area contributed by atoms with Gasteiger partial charge in [-0.2, -0.15) is 0 Å². The molecule has 0 saturated heterocycles. The van der Waals surface area contributed by atoms with Crippen LogP contribution in [0, 0.1) is 17.0 Å². The van der Waals surface area contributed by atoms with Crippen molar-refractivity contribution >= 4 is 23.0 Å². The van der Waals surface area contributed by atoms with Crippen molar-refractivity contribution in [3.05, 3.63) is 81.2 Å². The first kappa shape index (κ1) is 20.4. The van der Waals surface area contributed by atoms with E-state index in [1.54, 1.807) is 12.3 Å². The van der Waals surface area contributed by atoms with Crippen molar-refractivity contribution in [2.24, 2.45) is 0 Å². The van der Waals surface area contributed by atoms with Crippen molar-refractivity contribution in [2.45, 2.75) is 20.0 Å². The minimum absolute atomic E-state index is 0.0425. The molecule has 0 bridgehead atoms. The number of hydrogen-bond donors (Lipinski definition) is 0. The maximum Gasteiger partial charge on any atom is 0.358 e. The van der Waals surface area contributed by atoms with Gasteiger partial charge < -0.3 is 9.15 Å². The zero-order valence-electron chi connectivity index (χ0n) is 16.5. The first-order chi connectivity index (χ1) is 14.9. The fourth-order valence-corrected chi connectivity index (χ4v) is 3.50. The standard InChI is InChI=1S/C21H16N4O5S/c1-12-3-5-15(6-4-12)20-22-17(11-31-20)21(26)29-13(2)18-23-24-19(30-18)14-7-9-16(10-8-14)25(27)28/h3-11,13H,1-2H3. The predicted molar refractivity (Wildman–Crippen MR) is 113 cm³/mol. The van der Waals surface area contributed by atoms with Crippen LogP contribution in [-0.2, 0) is 4.74 Å². The molecule has 0 aliphatic heterocycles. The van der Waals surface area contributed by atoms with Gasteiger partial charge in [-0.15, -0.1) is 21.5 Å². The van der Waals surface area contributed by atoms with Gasteiger partial charge in [0.15, 0.2) is 11.8 Å². The van der Waals surface area contributed by atoms with E-state index in [1.165, 1.54) is 35.6 Å². The van der Waals surface area contributed by atoms with Gasteiger partial charge in [0.05, 0.1) is 4.92 Å². The number of aryl methyl sites for hydroxylation is 1. The van der Waals surface area contributed by atoms with Crippen LogP contribution in [0.15, 0.2) is 58.3 Å². The van der Waals surface area contributed by atoms with Crippen molar-refractivity contribution in [3.63, 3.8) is 0 Å². The Balaban J connectivity index is 1.44. The quantitative estimate of drug-likeness (QED) is 0.235. The lowest BCUT2D eigenvalue weighted by molar-refractivity contribution is -0.384. The van der Waals surface area contributed by atoms with Crippen LogP contribution in [0.25, 0.3) is 22.0 Å². The normalized spacial score (nSPS) is 11.8. The Bertz CT molecular complexity index is 1230. The highest BCUT2D eigenvalue weighted by molar-refractivity contribution is 7.13. The molecule has 2 aromatic carbocycles. The number of carbonyl (C=O) groups excluding carboxylic acids is 1. The molecule has 0 amide bonds. The van der Waals surface area contributed by atoms with Crippen LogP contribution in [-0.4, -0.2) is 26.1 Å². The summed E-state index contributed by atoms with van der Waals surface area (Å²) in [6.07, 6.45) is -0.795. The molecule has 4 rings (SSSR count). The first-order valence-electron chi connectivity index (χ1n) is 9.22. The fraction of sp³-hybridized carbons (Fsp3) is 0.143. The van der Waals surface area contributed by atoms with E-state index in [1.807, 2.05) is 31.2 Å². The summed E-state index contributed by atoms with van der Waals surface area (Å²) >= 11 is 1.35. The second kappa shape index (κ2) is 8.44. The fourth-order valence-electron chi connectivity index (χ4n) is 2.71. The van der Waals surface area contributed by atoms with Gasteiger partial charge >= 0.3 is 5.97 Å². The average molecular weight is 436 g/mol. The molecule has 4 aromatic rings. The monoisotopic (exact) mass is 436 g/mol. The van der Waals surface area contributed by atoms with Gasteiger partial charge in [-0.05, 0) is 26.0 Å². The zero-order valence-corrected chi connectivity index (χ0v) is 17.3. The van der Waals surface area contributed by atoms with Crippen molar-refractivity contribution < 1.29 is 18.9 Å². The lowest BCUT2D eigenvalue weighted by atomic mass is 10.2. The summed E-state index contributed by atoms with van der Waals surface area (Å²) in [7, 11) is 0. The number of hydrogen-bond acceptors (Lipinski definition) is 9. The number of non-ortho nitro benzene ring substituents is 1. The summed E-state index contributed by atoms with van der Waals surface area (Å²) in [5.41, 5.74) is 2.74. The number of nitrogens with zero attached hydrogens (tertiary/aromatic N) is 4. The van der Waals surface area contributed by atoms with E-state index < -0.39 is 17.0 Å². The third kappa shape index (κ3) is 4.48. The molecule has 0 fully saturated rings. The Morgan fingerprint density at radius 1 is 1.10 bits per heavy atom. The molecule has 0 aliphatic carbocycles. The Morgan fingerprint density at radius 2 is 1.77 bits per heavy atom. The van der Waals surface area contributed by atoms with Gasteiger partial charge in [0.25, 0.3) is 11.6 Å². The molecule has 0 radical (unpaired) electrons. The van der Waals surface area contributed by atoms with E-state index >= 15 is 0 Å². The number of nitro groups is 1. The molecule has 156 valence electrons. The van der Waals surface area contributed by atoms with E-state index in [0.29, 0.717) is 5.56 Å². The minimum atomic E-state index is -0.795. The van der Waals surface area contributed by atoms with Gasteiger partial charge in [-0.25, -0.2) is 9.78 Å². The van der Waals surface area contributed by atoms with E-state index in [0.717, 1.165) is 16.1 Å². The van der Waals surface area contributed by atoms with Crippen molar-refractivity contribution in [3.8, 4) is 22.0 Å².